The molecule has 1 fully saturated rings. The van der Waals surface area contributed by atoms with Crippen molar-refractivity contribution < 1.29 is 9.31 Å². The van der Waals surface area contributed by atoms with E-state index in [1.54, 1.807) is 69.1 Å². The van der Waals surface area contributed by atoms with Gasteiger partial charge in [0.05, 0.1) is 90.5 Å². The van der Waals surface area contributed by atoms with E-state index in [4.69, 9.17) is 61.3 Å². The zero-order chi connectivity index (χ0) is 86.2. The summed E-state index contributed by atoms with van der Waals surface area (Å²) in [5, 5.41) is 31.0. The van der Waals surface area contributed by atoms with E-state index < -0.39 is 0 Å². The first-order chi connectivity index (χ1) is 59.3. The normalized spacial score (nSPS) is 13.4. The molecule has 0 saturated carbocycles. The molecule has 31 heteroatoms. The van der Waals surface area contributed by atoms with Gasteiger partial charge in [-0.3, -0.25) is 42.5 Å². The Labute approximate surface area is 731 Å². The van der Waals surface area contributed by atoms with Crippen LogP contribution in [0.15, 0.2) is 299 Å². The Morgan fingerprint density at radius 1 is 0.439 bits per heavy atom. The van der Waals surface area contributed by atoms with E-state index in [-0.39, 0.29) is 71.0 Å². The van der Waals surface area contributed by atoms with Crippen molar-refractivity contribution in [3.63, 3.8) is 0 Å². The number of para-hydroxylation sites is 3. The minimum Gasteiger partial charge on any atom is -0.399 e. The van der Waals surface area contributed by atoms with Crippen LogP contribution >= 0.6 is 50.7 Å². The second-order valence-corrected chi connectivity index (χ2v) is 32.3. The lowest BCUT2D eigenvalue weighted by Crippen LogP contribution is -2.41. The van der Waals surface area contributed by atoms with Gasteiger partial charge in [0.1, 0.15) is 17.5 Å². The lowest BCUT2D eigenvalue weighted by atomic mass is 9.82. The number of hydrogen-bond acceptors (Lipinski definition) is 20. The van der Waals surface area contributed by atoms with Gasteiger partial charge in [-0.25, -0.2) is 15.0 Å². The molecule has 18 rings (SSSR count). The van der Waals surface area contributed by atoms with Gasteiger partial charge in [0.25, 0.3) is 16.7 Å². The van der Waals surface area contributed by atoms with Crippen molar-refractivity contribution in [2.24, 2.45) is 0 Å². The molecule has 17 aromatic rings. The highest BCUT2D eigenvalue weighted by molar-refractivity contribution is 9.10. The molecule has 9 aromatic heterocycles. The Kier molecular flexibility index (Phi) is 25.2. The van der Waals surface area contributed by atoms with Crippen molar-refractivity contribution in [3.05, 3.63) is 359 Å². The predicted molar refractivity (Wildman–Crippen MR) is 495 cm³/mol. The molecular weight excluding hydrogens is 1680 g/mol. The number of H-pyrrole nitrogens is 1. The van der Waals surface area contributed by atoms with Gasteiger partial charge in [0.2, 0.25) is 17.8 Å². The quantitative estimate of drug-likeness (QED) is 0.0370. The van der Waals surface area contributed by atoms with Gasteiger partial charge in [-0.15, -0.1) is 0 Å². The number of fused-ring (bicyclic) bond motifs is 3. The van der Waals surface area contributed by atoms with Gasteiger partial charge in [-0.05, 0) is 164 Å². The highest BCUT2D eigenvalue weighted by Crippen LogP contribution is 2.39. The highest BCUT2D eigenvalue weighted by atomic mass is 79.9. The van der Waals surface area contributed by atoms with Crippen molar-refractivity contribution in [2.45, 2.75) is 90.9 Å². The van der Waals surface area contributed by atoms with Crippen molar-refractivity contribution in [3.8, 4) is 39.3 Å². The van der Waals surface area contributed by atoms with Gasteiger partial charge in [0, 0.05) is 105 Å². The van der Waals surface area contributed by atoms with E-state index in [0.29, 0.717) is 59.7 Å². The van der Waals surface area contributed by atoms with Crippen LogP contribution in [0.5, 0.6) is 0 Å². The maximum atomic E-state index is 13.8. The number of pyridine rings is 3. The van der Waals surface area contributed by atoms with Crippen LogP contribution in [0.25, 0.3) is 71.6 Å². The number of anilines is 6. The summed E-state index contributed by atoms with van der Waals surface area (Å²) in [6, 6.07) is 70.2. The summed E-state index contributed by atoms with van der Waals surface area (Å²) in [7, 11) is -0.348. The molecule has 10 heterocycles. The van der Waals surface area contributed by atoms with Crippen LogP contribution in [0, 0.1) is 0 Å². The fourth-order valence-corrected chi connectivity index (χ4v) is 15.4. The summed E-state index contributed by atoms with van der Waals surface area (Å²) in [6.45, 7) is 15.5. The molecule has 0 bridgehead atoms. The summed E-state index contributed by atoms with van der Waals surface area (Å²) >= 11 is 22.7. The first-order valence-corrected chi connectivity index (χ1v) is 41.3. The minimum atomic E-state index is -0.348. The van der Waals surface area contributed by atoms with Crippen LogP contribution in [0.1, 0.15) is 94.8 Å². The van der Waals surface area contributed by atoms with Gasteiger partial charge in [-0.1, -0.05) is 186 Å². The molecule has 1 aliphatic heterocycles. The molecule has 0 spiro atoms. The maximum Gasteiger partial charge on any atom is 0.498 e. The Morgan fingerprint density at radius 2 is 0.797 bits per heavy atom. The Balaban J connectivity index is 0.000000130. The number of halogens is 4. The number of nitrogens with zero attached hydrogens (tertiary/aromatic N) is 14. The molecule has 10 N–H and O–H groups in total. The summed E-state index contributed by atoms with van der Waals surface area (Å²) in [5.41, 5.74) is 27.4. The molecule has 0 radical (unpaired) electrons. The third-order valence-corrected chi connectivity index (χ3v) is 22.7. The Morgan fingerprint density at radius 3 is 1.20 bits per heavy atom. The van der Waals surface area contributed by atoms with E-state index >= 15 is 0 Å². The first kappa shape index (κ1) is 84.4. The molecule has 0 amide bonds. The van der Waals surface area contributed by atoms with E-state index in [1.807, 2.05) is 231 Å². The Bertz CT molecular complexity index is 6820. The van der Waals surface area contributed by atoms with Crippen LogP contribution in [-0.4, -0.2) is 91.7 Å². The van der Waals surface area contributed by atoms with Gasteiger partial charge in [0.15, 0.2) is 0 Å². The topological polar surface area (TPSA) is 340 Å². The summed E-state index contributed by atoms with van der Waals surface area (Å²) in [4.78, 5) is 66.4. The average molecular weight is 1760 g/mol. The summed E-state index contributed by atoms with van der Waals surface area (Å²) < 4.78 is 21.6. The summed E-state index contributed by atoms with van der Waals surface area (Å²) in [5.74, 6) is 2.06. The number of aromatic amines is 1. The van der Waals surface area contributed by atoms with Crippen LogP contribution in [-0.2, 0) is 22.4 Å². The Hall–Kier alpha value is -13.6. The average Bonchev–Trinajstić information content (AvgIpc) is 1.74. The van der Waals surface area contributed by atoms with Crippen LogP contribution in [0.3, 0.4) is 0 Å². The summed E-state index contributed by atoms with van der Waals surface area (Å²) in [6.07, 6.45) is 15.9. The molecule has 1 saturated heterocycles. The zero-order valence-electron chi connectivity index (χ0n) is 67.8. The van der Waals surface area contributed by atoms with E-state index in [1.165, 1.54) is 5.56 Å². The molecule has 3 atom stereocenters. The lowest BCUT2D eigenvalue weighted by Gasteiger charge is -2.32. The fourth-order valence-electron chi connectivity index (χ4n) is 14.4. The number of rotatable bonds is 19. The molecule has 8 aromatic carbocycles. The fraction of sp³-hybridized carbons (Fsp3) is 0.152. The molecule has 1 aliphatic rings. The van der Waals surface area contributed by atoms with E-state index in [9.17, 15) is 14.4 Å². The molecular formula is C92H84BBrCl3N21O5. The zero-order valence-corrected chi connectivity index (χ0v) is 71.7. The van der Waals surface area contributed by atoms with Gasteiger partial charge >= 0.3 is 7.12 Å². The standard InChI is InChI=1S/C31H26ClN7O.C24H20ClN7O.C21H17BrClN5O.C16H21BN2O2/c1-20(27-15-22-11-8-14-26(32)28(22)30(40)39(27)24-12-6-3-7-13-24)36-29-25(17-34-31(33)37-29)23-16-35-38(19-23)18-21-9-4-2-5-10-21;1-14(30-22-18(13-27-24(26)31-22)16-11-28-29-12-16)20-10-15-6-5-9-19(25)21(15)23(33)32(20)17-7-3-2-4-8-17;1-12(26-19-15(22)11-25-21(24)27-19)17-10-13-6-5-9-16(23)18(13)20(29)28(17)14-7-3-2-4-8-14;1-15(2)16(3,4)21-17(20-15)14-10-18-19(12-14)11-13-8-6-5-7-9-13/h2-17,19-20H,18H2,1H3,(H3,33,34,36,37);2-14H,1H3,(H,28,29)(H3,26,27,30,31);2-12H,1H3,(H3,24,25,26,27);5-10,12H,11H2,1-4H3/t20-;14-;12-;/m000./s1. The predicted octanol–water partition coefficient (Wildman–Crippen LogP) is 17.9. The minimum absolute atomic E-state index is 0.140. The highest BCUT2D eigenvalue weighted by Gasteiger charge is 2.52. The largest absolute Gasteiger partial charge is 0.498 e. The third-order valence-electron chi connectivity index (χ3n) is 21.2. The second kappa shape index (κ2) is 36.8. The smallest absolute Gasteiger partial charge is 0.399 e. The van der Waals surface area contributed by atoms with Gasteiger partial charge in [-0.2, -0.15) is 30.2 Å². The van der Waals surface area contributed by atoms with Crippen molar-refractivity contribution in [1.82, 2.24) is 73.4 Å². The van der Waals surface area contributed by atoms with E-state index in [2.05, 4.69) is 134 Å². The lowest BCUT2D eigenvalue weighted by molar-refractivity contribution is 0.00578. The van der Waals surface area contributed by atoms with Crippen molar-refractivity contribution in [2.75, 3.05) is 33.2 Å². The van der Waals surface area contributed by atoms with Gasteiger partial charge < -0.3 is 42.5 Å². The van der Waals surface area contributed by atoms with Crippen molar-refractivity contribution >= 4 is 131 Å². The maximum absolute atomic E-state index is 13.8. The number of hydrogen-bond donors (Lipinski definition) is 7. The molecule has 618 valence electrons. The number of nitrogens with one attached hydrogen (secondary N) is 4. The number of aromatic nitrogens is 15. The number of nitrogens with two attached hydrogens (primary N) is 3. The van der Waals surface area contributed by atoms with Crippen LogP contribution in [0.4, 0.5) is 35.3 Å². The first-order valence-electron chi connectivity index (χ1n) is 39.3. The molecule has 0 unspecified atom stereocenters. The number of nitrogen functional groups attached to an aromatic ring is 3. The van der Waals surface area contributed by atoms with Crippen LogP contribution < -0.4 is 55.3 Å². The van der Waals surface area contributed by atoms with Crippen molar-refractivity contribution in [1.29, 1.82) is 0 Å². The monoisotopic (exact) mass is 1760 g/mol. The number of benzene rings is 8. The third kappa shape index (κ3) is 18.8. The molecule has 123 heavy (non-hydrogen) atoms. The molecule has 0 aliphatic carbocycles. The second-order valence-electron chi connectivity index (χ2n) is 30.2. The molecule has 26 nitrogen and oxygen atoms in total. The van der Waals surface area contributed by atoms with E-state index in [0.717, 1.165) is 90.1 Å². The SMILES string of the molecule is CC1(C)OB(c2cnn(Cc3ccccc3)c2)OC1(C)C.C[C@H](Nc1nc(N)ncc1-c1cn[nH]c1)c1cc2cccc(Cl)c2c(=O)n1-c1ccccc1.C[C@H](Nc1nc(N)ncc1-c1cnn(Cc2ccccc2)c1)c1cc2cccc(Cl)c2c(=O)n1-c1ccccc1.C[C@H](Nc1nc(N)ncc1Br)c1cc2cccc(Cl)c2c(=O)n1-c1ccccc1. The van der Waals surface area contributed by atoms with Crippen LogP contribution in [0.2, 0.25) is 15.1 Å².